The van der Waals surface area contributed by atoms with E-state index in [2.05, 4.69) is 10.6 Å². The molecule has 8 heteroatoms. The summed E-state index contributed by atoms with van der Waals surface area (Å²) in [7, 11) is 0. The fourth-order valence-corrected chi connectivity index (χ4v) is 2.58. The van der Waals surface area contributed by atoms with Crippen molar-refractivity contribution in [3.63, 3.8) is 0 Å². The molecular weight excluding hydrogens is 374 g/mol. The van der Waals surface area contributed by atoms with Gasteiger partial charge in [0.05, 0.1) is 0 Å². The van der Waals surface area contributed by atoms with Gasteiger partial charge in [0.2, 0.25) is 0 Å². The first-order valence-electron chi connectivity index (χ1n) is 8.98. The van der Waals surface area contributed by atoms with Gasteiger partial charge >= 0.3 is 12.0 Å². The maximum Gasteiger partial charge on any atom is 0.329 e. The largest absolute Gasteiger partial charge is 0.451 e. The van der Waals surface area contributed by atoms with E-state index in [1.54, 1.807) is 42.5 Å². The number of urea groups is 1. The summed E-state index contributed by atoms with van der Waals surface area (Å²) >= 11 is 0. The van der Waals surface area contributed by atoms with Gasteiger partial charge < -0.3 is 21.1 Å². The zero-order valence-corrected chi connectivity index (χ0v) is 16.2. The first-order valence-corrected chi connectivity index (χ1v) is 8.98. The Morgan fingerprint density at radius 3 is 2.34 bits per heavy atom. The third kappa shape index (κ3) is 6.76. The third-order valence-electron chi connectivity index (χ3n) is 4.08. The Morgan fingerprint density at radius 2 is 1.72 bits per heavy atom. The molecule has 0 aliphatic heterocycles. The molecule has 0 fully saturated rings. The van der Waals surface area contributed by atoms with Crippen LogP contribution < -0.4 is 16.4 Å². The average molecular weight is 397 g/mol. The van der Waals surface area contributed by atoms with Crippen molar-refractivity contribution in [2.75, 3.05) is 5.32 Å². The number of amides is 3. The fraction of sp³-hybridized carbons (Fsp3) is 0.238. The van der Waals surface area contributed by atoms with Gasteiger partial charge in [-0.25, -0.2) is 9.59 Å². The van der Waals surface area contributed by atoms with E-state index < -0.39 is 30.1 Å². The predicted molar refractivity (Wildman–Crippen MR) is 107 cm³/mol. The molecule has 0 radical (unpaired) electrons. The molecule has 0 saturated heterocycles. The number of primary amides is 1. The lowest BCUT2D eigenvalue weighted by atomic mass is 10.1. The van der Waals surface area contributed by atoms with Crippen molar-refractivity contribution in [2.24, 2.45) is 5.73 Å². The summed E-state index contributed by atoms with van der Waals surface area (Å²) in [4.78, 5) is 47.5. The molecule has 0 aliphatic carbocycles. The van der Waals surface area contributed by atoms with E-state index >= 15 is 0 Å². The van der Waals surface area contributed by atoms with Gasteiger partial charge in [0.25, 0.3) is 5.91 Å². The lowest BCUT2D eigenvalue weighted by Crippen LogP contribution is -2.47. The highest BCUT2D eigenvalue weighted by atomic mass is 16.5. The van der Waals surface area contributed by atoms with Crippen LogP contribution in [0.4, 0.5) is 10.5 Å². The zero-order chi connectivity index (χ0) is 21.4. The number of rotatable bonds is 8. The summed E-state index contributed by atoms with van der Waals surface area (Å²) in [5.74, 6) is -1.49. The molecule has 2 aromatic carbocycles. The number of carbonyl (C=O) groups is 4. The number of benzene rings is 2. The Labute approximate surface area is 168 Å². The molecule has 2 atom stereocenters. The van der Waals surface area contributed by atoms with Gasteiger partial charge in [0.15, 0.2) is 11.9 Å². The van der Waals surface area contributed by atoms with Gasteiger partial charge in [-0.3, -0.25) is 9.59 Å². The van der Waals surface area contributed by atoms with Crippen molar-refractivity contribution in [3.8, 4) is 0 Å². The average Bonchev–Trinajstić information content (AvgIpc) is 2.68. The molecule has 4 N–H and O–H groups in total. The van der Waals surface area contributed by atoms with Gasteiger partial charge in [-0.05, 0) is 31.5 Å². The standard InChI is InChI=1S/C21H23N3O5/c1-13(25)16-9-6-10-17(12-16)23-19(26)14(2)29-20(27)18(24-21(22)28)11-15-7-4-3-5-8-15/h3-10,12,14,18H,11H2,1-2H3,(H,23,26)(H3,22,24,28)/t14-,18+/m1/s1. The zero-order valence-electron chi connectivity index (χ0n) is 16.2. The Hall–Kier alpha value is -3.68. The normalized spacial score (nSPS) is 12.3. The van der Waals surface area contributed by atoms with Crippen LogP contribution in [0.25, 0.3) is 0 Å². The molecular formula is C21H23N3O5. The molecule has 0 spiro atoms. The minimum absolute atomic E-state index is 0.137. The molecule has 0 heterocycles. The van der Waals surface area contributed by atoms with Gasteiger partial charge in [-0.1, -0.05) is 42.5 Å². The van der Waals surface area contributed by atoms with Gasteiger partial charge in [-0.15, -0.1) is 0 Å². The molecule has 29 heavy (non-hydrogen) atoms. The van der Waals surface area contributed by atoms with Crippen LogP contribution in [0.3, 0.4) is 0 Å². The summed E-state index contributed by atoms with van der Waals surface area (Å²) in [6, 6.07) is 13.5. The third-order valence-corrected chi connectivity index (χ3v) is 4.08. The van der Waals surface area contributed by atoms with E-state index in [4.69, 9.17) is 10.5 Å². The van der Waals surface area contributed by atoms with E-state index in [9.17, 15) is 19.2 Å². The lowest BCUT2D eigenvalue weighted by molar-refractivity contribution is -0.155. The monoisotopic (exact) mass is 397 g/mol. The van der Waals surface area contributed by atoms with Crippen LogP contribution >= 0.6 is 0 Å². The first-order chi connectivity index (χ1) is 13.8. The number of hydrogen-bond donors (Lipinski definition) is 3. The van der Waals surface area contributed by atoms with Crippen LogP contribution in [-0.4, -0.2) is 35.8 Å². The topological polar surface area (TPSA) is 128 Å². The minimum atomic E-state index is -1.13. The molecule has 3 amide bonds. The second kappa shape index (κ2) is 10.0. The highest BCUT2D eigenvalue weighted by Gasteiger charge is 2.26. The van der Waals surface area contributed by atoms with Crippen molar-refractivity contribution in [1.29, 1.82) is 0 Å². The van der Waals surface area contributed by atoms with Crippen LogP contribution in [0, 0.1) is 0 Å². The van der Waals surface area contributed by atoms with Crippen molar-refractivity contribution in [3.05, 3.63) is 65.7 Å². The molecule has 0 bridgehead atoms. The summed E-state index contributed by atoms with van der Waals surface area (Å²) in [5, 5.41) is 4.93. The number of carbonyl (C=O) groups excluding carboxylic acids is 4. The molecule has 2 aromatic rings. The second-order valence-electron chi connectivity index (χ2n) is 6.46. The molecule has 0 aliphatic rings. The lowest BCUT2D eigenvalue weighted by Gasteiger charge is -2.20. The van der Waals surface area contributed by atoms with Crippen molar-refractivity contribution in [1.82, 2.24) is 5.32 Å². The van der Waals surface area contributed by atoms with Crippen LogP contribution in [0.1, 0.15) is 29.8 Å². The smallest absolute Gasteiger partial charge is 0.329 e. The molecule has 2 rings (SSSR count). The van der Waals surface area contributed by atoms with Crippen LogP contribution in [-0.2, 0) is 20.7 Å². The van der Waals surface area contributed by atoms with E-state index in [1.165, 1.54) is 19.9 Å². The number of Topliss-reactive ketones (excluding diaryl/α,β-unsaturated/α-hetero) is 1. The van der Waals surface area contributed by atoms with Crippen molar-refractivity contribution >= 4 is 29.4 Å². The summed E-state index contributed by atoms with van der Waals surface area (Å²) in [6.07, 6.45) is -0.964. The minimum Gasteiger partial charge on any atom is -0.451 e. The Kier molecular flexibility index (Phi) is 7.47. The molecule has 0 aromatic heterocycles. The number of nitrogens with two attached hydrogens (primary N) is 1. The maximum absolute atomic E-state index is 12.5. The number of anilines is 1. The summed E-state index contributed by atoms with van der Waals surface area (Å²) in [6.45, 7) is 2.83. The number of ether oxygens (including phenoxy) is 1. The van der Waals surface area contributed by atoms with Crippen LogP contribution in [0.5, 0.6) is 0 Å². The molecule has 0 saturated carbocycles. The number of nitrogens with one attached hydrogen (secondary N) is 2. The first kappa shape index (κ1) is 21.6. The van der Waals surface area contributed by atoms with Crippen LogP contribution in [0.15, 0.2) is 54.6 Å². The quantitative estimate of drug-likeness (QED) is 0.464. The molecule has 152 valence electrons. The maximum atomic E-state index is 12.5. The summed E-state index contributed by atoms with van der Waals surface area (Å²) in [5.41, 5.74) is 6.79. The van der Waals surface area contributed by atoms with E-state index in [0.717, 1.165) is 5.56 Å². The van der Waals surface area contributed by atoms with Crippen LogP contribution in [0.2, 0.25) is 0 Å². The fourth-order valence-electron chi connectivity index (χ4n) is 2.58. The highest BCUT2D eigenvalue weighted by Crippen LogP contribution is 2.13. The van der Waals surface area contributed by atoms with Gasteiger partial charge in [0.1, 0.15) is 6.04 Å². The van der Waals surface area contributed by atoms with Crippen molar-refractivity contribution in [2.45, 2.75) is 32.4 Å². The van der Waals surface area contributed by atoms with E-state index in [0.29, 0.717) is 11.3 Å². The number of hydrogen-bond acceptors (Lipinski definition) is 5. The molecule has 0 unspecified atom stereocenters. The predicted octanol–water partition coefficient (Wildman–Crippen LogP) is 2.04. The number of esters is 1. The number of ketones is 1. The summed E-state index contributed by atoms with van der Waals surface area (Å²) < 4.78 is 5.21. The van der Waals surface area contributed by atoms with E-state index in [-0.39, 0.29) is 12.2 Å². The Balaban J connectivity index is 2.02. The molecule has 8 nitrogen and oxygen atoms in total. The van der Waals surface area contributed by atoms with Gasteiger partial charge in [0, 0.05) is 17.7 Å². The SMILES string of the molecule is CC(=O)c1cccc(NC(=O)[C@@H](C)OC(=O)[C@H](Cc2ccccc2)NC(N)=O)c1. The Morgan fingerprint density at radius 1 is 1.03 bits per heavy atom. The highest BCUT2D eigenvalue weighted by molar-refractivity contribution is 5.98. The van der Waals surface area contributed by atoms with E-state index in [1.807, 2.05) is 6.07 Å². The van der Waals surface area contributed by atoms with Gasteiger partial charge in [-0.2, -0.15) is 0 Å². The Bertz CT molecular complexity index is 898. The van der Waals surface area contributed by atoms with Crippen molar-refractivity contribution < 1.29 is 23.9 Å². The second-order valence-corrected chi connectivity index (χ2v) is 6.46.